The van der Waals surface area contributed by atoms with Crippen molar-refractivity contribution in [3.05, 3.63) is 100 Å². The molecule has 10 nitrogen and oxygen atoms in total. The summed E-state index contributed by atoms with van der Waals surface area (Å²) in [6.07, 6.45) is 4.10. The van der Waals surface area contributed by atoms with E-state index in [1.165, 1.54) is 32.2 Å². The van der Waals surface area contributed by atoms with Crippen LogP contribution in [0.25, 0.3) is 22.2 Å². The van der Waals surface area contributed by atoms with Crippen LogP contribution in [0.5, 0.6) is 17.2 Å². The summed E-state index contributed by atoms with van der Waals surface area (Å²) in [5, 5.41) is 3.26. The van der Waals surface area contributed by atoms with Crippen molar-refractivity contribution in [3.8, 4) is 28.4 Å². The van der Waals surface area contributed by atoms with Crippen molar-refractivity contribution in [1.82, 2.24) is 24.8 Å². The number of pyridine rings is 1. The van der Waals surface area contributed by atoms with Gasteiger partial charge in [0.15, 0.2) is 5.75 Å². The lowest BCUT2D eigenvalue weighted by molar-refractivity contribution is 0.122. The molecule has 0 aliphatic carbocycles. The molecule has 0 atom stereocenters. The Kier molecular flexibility index (Phi) is 9.79. The molecule has 1 amide bonds. The molecular formula is C34H32Cl2N6O4. The topological polar surface area (TPSA) is 102 Å². The van der Waals surface area contributed by atoms with Gasteiger partial charge in [-0.25, -0.2) is 14.8 Å². The monoisotopic (exact) mass is 658 g/mol. The molecule has 3 heterocycles. The first-order valence-electron chi connectivity index (χ1n) is 14.7. The highest BCUT2D eigenvalue weighted by Crippen LogP contribution is 2.48. The Morgan fingerprint density at radius 3 is 2.00 bits per heavy atom. The smallest absolute Gasteiger partial charge is 0.418 e. The lowest BCUT2D eigenvalue weighted by Gasteiger charge is -2.34. The van der Waals surface area contributed by atoms with Gasteiger partial charge in [-0.05, 0) is 29.3 Å². The summed E-state index contributed by atoms with van der Waals surface area (Å²) in [5.41, 5.74) is 4.20. The van der Waals surface area contributed by atoms with E-state index in [0.717, 1.165) is 44.8 Å². The number of hydrogen-bond acceptors (Lipinski definition) is 9. The van der Waals surface area contributed by atoms with Crippen molar-refractivity contribution in [3.63, 3.8) is 0 Å². The third-order valence-corrected chi connectivity index (χ3v) is 8.56. The number of methoxy groups -OCH3 is 2. The number of ether oxygens (including phenoxy) is 3. The summed E-state index contributed by atoms with van der Waals surface area (Å²) >= 11 is 13.3. The molecule has 3 aromatic carbocycles. The summed E-state index contributed by atoms with van der Waals surface area (Å²) in [6.45, 7) is 5.76. The Morgan fingerprint density at radius 1 is 0.761 bits per heavy atom. The van der Waals surface area contributed by atoms with Gasteiger partial charge in [0.25, 0.3) is 0 Å². The van der Waals surface area contributed by atoms with Gasteiger partial charge in [0.05, 0.1) is 24.3 Å². The zero-order valence-electron chi connectivity index (χ0n) is 25.4. The minimum atomic E-state index is -0.714. The van der Waals surface area contributed by atoms with Crippen LogP contribution in [-0.4, -0.2) is 71.2 Å². The molecular weight excluding hydrogens is 627 g/mol. The van der Waals surface area contributed by atoms with Crippen molar-refractivity contribution < 1.29 is 19.0 Å². The largest absolute Gasteiger partial charge is 0.495 e. The molecule has 6 rings (SSSR count). The molecule has 1 saturated heterocycles. The molecule has 236 valence electrons. The number of piperazine rings is 1. The SMILES string of the molecule is COc1cc(OC)c(Cl)c(-c2ccc(OC(=O)Nc3ccc(CN4CCN(Cc5ccccc5)CC4)cn3)c3nccnc23)c1Cl. The normalized spacial score (nSPS) is 13.8. The predicted octanol–water partition coefficient (Wildman–Crippen LogP) is 6.94. The average molecular weight is 660 g/mol. The molecule has 1 fully saturated rings. The van der Waals surface area contributed by atoms with Crippen LogP contribution in [0, 0.1) is 0 Å². The number of nitrogens with one attached hydrogen (secondary N) is 1. The maximum Gasteiger partial charge on any atom is 0.418 e. The maximum absolute atomic E-state index is 12.9. The van der Waals surface area contributed by atoms with Crippen LogP contribution in [-0.2, 0) is 13.1 Å². The number of amides is 1. The second-order valence-corrected chi connectivity index (χ2v) is 11.5. The van der Waals surface area contributed by atoms with Crippen LogP contribution in [0.2, 0.25) is 10.0 Å². The van der Waals surface area contributed by atoms with Crippen molar-refractivity contribution in [2.24, 2.45) is 0 Å². The average Bonchev–Trinajstić information content (AvgIpc) is 3.08. The third kappa shape index (κ3) is 7.00. The molecule has 0 spiro atoms. The number of carbonyl (C=O) groups excluding carboxylic acids is 1. The first-order chi connectivity index (χ1) is 22.4. The van der Waals surface area contributed by atoms with Gasteiger partial charge in [-0.3, -0.25) is 20.1 Å². The Balaban J connectivity index is 1.10. The van der Waals surface area contributed by atoms with Gasteiger partial charge < -0.3 is 14.2 Å². The second kappa shape index (κ2) is 14.3. The number of carbonyl (C=O) groups is 1. The highest BCUT2D eigenvalue weighted by atomic mass is 35.5. The van der Waals surface area contributed by atoms with E-state index < -0.39 is 6.09 Å². The predicted molar refractivity (Wildman–Crippen MR) is 179 cm³/mol. The number of aromatic nitrogens is 3. The first-order valence-corrected chi connectivity index (χ1v) is 15.5. The van der Waals surface area contributed by atoms with E-state index in [4.69, 9.17) is 37.4 Å². The standard InChI is InChI=1S/C34H32Cl2N6O4/c1-44-26-18-27(45-2)31(36)29(30(26)35)24-9-10-25(33-32(24)37-12-13-38-33)46-34(43)40-28-11-8-23(19-39-28)21-42-16-14-41(15-17-42)20-22-6-4-3-5-7-22/h3-13,18-19H,14-17,20-21H2,1-2H3,(H,39,40,43). The quantitative estimate of drug-likeness (QED) is 0.180. The van der Waals surface area contributed by atoms with Gasteiger partial charge in [-0.15, -0.1) is 0 Å². The highest BCUT2D eigenvalue weighted by Gasteiger charge is 2.23. The summed E-state index contributed by atoms with van der Waals surface area (Å²) in [5.74, 6) is 1.34. The fraction of sp³-hybridized carbons (Fsp3) is 0.235. The van der Waals surface area contributed by atoms with E-state index in [1.54, 1.807) is 30.5 Å². The summed E-state index contributed by atoms with van der Waals surface area (Å²) in [7, 11) is 3.01. The van der Waals surface area contributed by atoms with Gasteiger partial charge in [0, 0.05) is 75.1 Å². The number of nitrogens with zero attached hydrogens (tertiary/aromatic N) is 5. The number of fused-ring (bicyclic) bond motifs is 1. The fourth-order valence-corrected chi connectivity index (χ4v) is 6.17. The third-order valence-electron chi connectivity index (χ3n) is 7.81. The first kappa shape index (κ1) is 31.5. The number of hydrogen-bond donors (Lipinski definition) is 1. The van der Waals surface area contributed by atoms with E-state index in [1.807, 2.05) is 12.1 Å². The van der Waals surface area contributed by atoms with Crippen molar-refractivity contribution >= 4 is 46.1 Å². The van der Waals surface area contributed by atoms with Crippen LogP contribution in [0.15, 0.2) is 79.3 Å². The Bertz CT molecular complexity index is 1810. The molecule has 0 saturated carbocycles. The Hall–Kier alpha value is -4.48. The number of halogens is 2. The van der Waals surface area contributed by atoms with Crippen molar-refractivity contribution in [2.75, 3.05) is 45.7 Å². The van der Waals surface area contributed by atoms with E-state index in [2.05, 4.69) is 54.3 Å². The van der Waals surface area contributed by atoms with E-state index in [-0.39, 0.29) is 15.8 Å². The molecule has 1 aliphatic rings. The number of anilines is 1. The summed E-state index contributed by atoms with van der Waals surface area (Å²) in [6, 6.07) is 19.2. The molecule has 0 radical (unpaired) electrons. The van der Waals surface area contributed by atoms with Gasteiger partial charge >= 0.3 is 6.09 Å². The fourth-order valence-electron chi connectivity index (χ4n) is 5.47. The minimum absolute atomic E-state index is 0.203. The molecule has 1 aliphatic heterocycles. The van der Waals surface area contributed by atoms with E-state index >= 15 is 0 Å². The molecule has 5 aromatic rings. The molecule has 12 heteroatoms. The molecule has 2 aromatic heterocycles. The van der Waals surface area contributed by atoms with Gasteiger partial charge in [0.2, 0.25) is 0 Å². The Labute approximate surface area is 276 Å². The molecule has 46 heavy (non-hydrogen) atoms. The molecule has 0 bridgehead atoms. The number of rotatable bonds is 9. The summed E-state index contributed by atoms with van der Waals surface area (Å²) in [4.78, 5) is 31.2. The lowest BCUT2D eigenvalue weighted by atomic mass is 10.0. The minimum Gasteiger partial charge on any atom is -0.495 e. The molecule has 0 unspecified atom stereocenters. The van der Waals surface area contributed by atoms with Gasteiger partial charge in [0.1, 0.15) is 28.4 Å². The highest BCUT2D eigenvalue weighted by molar-refractivity contribution is 6.41. The van der Waals surface area contributed by atoms with Crippen molar-refractivity contribution in [2.45, 2.75) is 13.1 Å². The van der Waals surface area contributed by atoms with Crippen LogP contribution < -0.4 is 19.5 Å². The zero-order valence-corrected chi connectivity index (χ0v) is 26.9. The second-order valence-electron chi connectivity index (χ2n) is 10.8. The van der Waals surface area contributed by atoms with E-state index in [9.17, 15) is 4.79 Å². The van der Waals surface area contributed by atoms with Gasteiger partial charge in [-0.2, -0.15) is 0 Å². The number of benzene rings is 3. The van der Waals surface area contributed by atoms with Gasteiger partial charge in [-0.1, -0.05) is 59.6 Å². The maximum atomic E-state index is 12.9. The van der Waals surface area contributed by atoms with Crippen LogP contribution >= 0.6 is 23.2 Å². The van der Waals surface area contributed by atoms with E-state index in [0.29, 0.717) is 39.5 Å². The van der Waals surface area contributed by atoms with Crippen molar-refractivity contribution in [1.29, 1.82) is 0 Å². The lowest BCUT2D eigenvalue weighted by Crippen LogP contribution is -2.45. The summed E-state index contributed by atoms with van der Waals surface area (Å²) < 4.78 is 16.5. The molecule has 1 N–H and O–H groups in total. The zero-order chi connectivity index (χ0) is 32.0. The van der Waals surface area contributed by atoms with Crippen LogP contribution in [0.4, 0.5) is 10.6 Å². The van der Waals surface area contributed by atoms with Crippen LogP contribution in [0.3, 0.4) is 0 Å². The Morgan fingerprint density at radius 2 is 1.39 bits per heavy atom. The van der Waals surface area contributed by atoms with Crippen LogP contribution in [0.1, 0.15) is 11.1 Å².